The minimum Gasteiger partial charge on any atom is -0.489 e. The first kappa shape index (κ1) is 14.1. The topological polar surface area (TPSA) is 33.8 Å². The van der Waals surface area contributed by atoms with Gasteiger partial charge in [0.1, 0.15) is 12.4 Å². The highest BCUT2D eigenvalue weighted by Gasteiger charge is 2.13. The van der Waals surface area contributed by atoms with E-state index in [-0.39, 0.29) is 12.5 Å². The Balaban J connectivity index is 1.96. The monoisotopic (exact) mass is 267 g/mol. The molecule has 102 valence electrons. The molecule has 0 aliphatic carbocycles. The summed E-state index contributed by atoms with van der Waals surface area (Å²) in [5.74, 6) is 0.674. The number of hydrogen-bond acceptors (Lipinski definition) is 2. The number of nitrogens with zero attached hydrogens (tertiary/aromatic N) is 1. The summed E-state index contributed by atoms with van der Waals surface area (Å²) in [7, 11) is 0. The second-order valence-corrected chi connectivity index (χ2v) is 4.56. The molecule has 0 radical (unpaired) electrons. The van der Waals surface area contributed by atoms with Crippen LogP contribution in [-0.2, 0) is 6.61 Å². The van der Waals surface area contributed by atoms with Gasteiger partial charge in [-0.25, -0.2) is 6.57 Å². The number of aliphatic hydroxyl groups is 1. The van der Waals surface area contributed by atoms with Gasteiger partial charge in [0.2, 0.25) is 6.54 Å². The summed E-state index contributed by atoms with van der Waals surface area (Å²) in [6.45, 7) is 7.71. The van der Waals surface area contributed by atoms with Crippen molar-refractivity contribution in [3.63, 3.8) is 0 Å². The molecule has 0 aromatic heterocycles. The van der Waals surface area contributed by atoms with E-state index >= 15 is 0 Å². The van der Waals surface area contributed by atoms with Gasteiger partial charge in [0.25, 0.3) is 0 Å². The highest BCUT2D eigenvalue weighted by atomic mass is 16.5. The SMILES string of the molecule is [C-]#[N+]C[C@@H](CO)c1ccc(OCc2ccccc2)cc1. The average Bonchev–Trinajstić information content (AvgIpc) is 2.52. The first-order valence-corrected chi connectivity index (χ1v) is 6.54. The van der Waals surface area contributed by atoms with Gasteiger partial charge >= 0.3 is 0 Å². The molecule has 1 N–H and O–H groups in total. The van der Waals surface area contributed by atoms with E-state index in [9.17, 15) is 5.11 Å². The van der Waals surface area contributed by atoms with Crippen LogP contribution >= 0.6 is 0 Å². The van der Waals surface area contributed by atoms with Gasteiger partial charge in [0.15, 0.2) is 0 Å². The molecule has 0 heterocycles. The normalized spacial score (nSPS) is 11.6. The maximum atomic E-state index is 9.26. The fourth-order valence-corrected chi connectivity index (χ4v) is 1.96. The van der Waals surface area contributed by atoms with Gasteiger partial charge in [-0.3, -0.25) is 0 Å². The lowest BCUT2D eigenvalue weighted by Crippen LogP contribution is -2.06. The lowest BCUT2D eigenvalue weighted by Gasteiger charge is -2.10. The molecule has 1 atom stereocenters. The number of hydrogen-bond donors (Lipinski definition) is 1. The number of rotatable bonds is 6. The Morgan fingerprint density at radius 1 is 1.05 bits per heavy atom. The van der Waals surface area contributed by atoms with Crippen LogP contribution in [0.15, 0.2) is 54.6 Å². The van der Waals surface area contributed by atoms with Gasteiger partial charge in [-0.05, 0) is 23.3 Å². The van der Waals surface area contributed by atoms with E-state index in [1.807, 2.05) is 54.6 Å². The molecule has 0 saturated heterocycles. The van der Waals surface area contributed by atoms with Crippen LogP contribution in [0.4, 0.5) is 0 Å². The number of ether oxygens (including phenoxy) is 1. The molecule has 20 heavy (non-hydrogen) atoms. The molecule has 0 aliphatic rings. The van der Waals surface area contributed by atoms with E-state index in [1.54, 1.807) is 0 Å². The fourth-order valence-electron chi connectivity index (χ4n) is 1.96. The molecule has 2 aromatic carbocycles. The van der Waals surface area contributed by atoms with Crippen LogP contribution in [0.1, 0.15) is 17.0 Å². The smallest absolute Gasteiger partial charge is 0.223 e. The molecular formula is C17H17NO2. The van der Waals surface area contributed by atoms with E-state index in [0.29, 0.717) is 13.2 Å². The van der Waals surface area contributed by atoms with Gasteiger partial charge in [0, 0.05) is 0 Å². The van der Waals surface area contributed by atoms with Crippen LogP contribution in [0.2, 0.25) is 0 Å². The molecule has 2 aromatic rings. The van der Waals surface area contributed by atoms with Crippen LogP contribution in [0.25, 0.3) is 4.85 Å². The maximum absolute atomic E-state index is 9.26. The minimum absolute atomic E-state index is 0.00734. The third-order valence-electron chi connectivity index (χ3n) is 3.13. The van der Waals surface area contributed by atoms with E-state index in [4.69, 9.17) is 11.3 Å². The van der Waals surface area contributed by atoms with Crippen molar-refractivity contribution in [3.8, 4) is 5.75 Å². The minimum atomic E-state index is -0.115. The summed E-state index contributed by atoms with van der Waals surface area (Å²) < 4.78 is 5.70. The van der Waals surface area contributed by atoms with Crippen molar-refractivity contribution in [2.45, 2.75) is 12.5 Å². The lowest BCUT2D eigenvalue weighted by atomic mass is 10.0. The van der Waals surface area contributed by atoms with Crippen LogP contribution < -0.4 is 4.74 Å². The molecule has 3 heteroatoms. The summed E-state index contributed by atoms with van der Waals surface area (Å²) in [4.78, 5) is 3.34. The van der Waals surface area contributed by atoms with Crippen molar-refractivity contribution in [2.24, 2.45) is 0 Å². The Morgan fingerprint density at radius 3 is 2.35 bits per heavy atom. The predicted octanol–water partition coefficient (Wildman–Crippen LogP) is 3.26. The highest BCUT2D eigenvalue weighted by Crippen LogP contribution is 2.20. The zero-order valence-electron chi connectivity index (χ0n) is 11.2. The van der Waals surface area contributed by atoms with Crippen molar-refractivity contribution in [1.82, 2.24) is 0 Å². The third kappa shape index (κ3) is 3.84. The first-order valence-electron chi connectivity index (χ1n) is 6.54. The van der Waals surface area contributed by atoms with Crippen molar-refractivity contribution in [2.75, 3.05) is 13.2 Å². The fraction of sp³-hybridized carbons (Fsp3) is 0.235. The number of aliphatic hydroxyl groups excluding tert-OH is 1. The lowest BCUT2D eigenvalue weighted by molar-refractivity contribution is 0.271. The predicted molar refractivity (Wildman–Crippen MR) is 78.5 cm³/mol. The molecule has 0 spiro atoms. The summed E-state index contributed by atoms with van der Waals surface area (Å²) in [6.07, 6.45) is 0. The maximum Gasteiger partial charge on any atom is 0.223 e. The van der Waals surface area contributed by atoms with Crippen molar-refractivity contribution in [3.05, 3.63) is 77.1 Å². The van der Waals surface area contributed by atoms with Crippen molar-refractivity contribution >= 4 is 0 Å². The standard InChI is InChI=1S/C17H17NO2/c1-18-11-16(12-19)15-7-9-17(10-8-15)20-13-14-5-3-2-4-6-14/h2-10,16,19H,11-13H2/t16-/m0/s1. The molecule has 0 amide bonds. The Morgan fingerprint density at radius 2 is 1.75 bits per heavy atom. The summed E-state index contributed by atoms with van der Waals surface area (Å²) >= 11 is 0. The zero-order chi connectivity index (χ0) is 14.2. The summed E-state index contributed by atoms with van der Waals surface area (Å²) in [5, 5.41) is 9.26. The first-order chi connectivity index (χ1) is 9.83. The zero-order valence-corrected chi connectivity index (χ0v) is 11.2. The summed E-state index contributed by atoms with van der Waals surface area (Å²) in [5.41, 5.74) is 2.09. The van der Waals surface area contributed by atoms with Crippen LogP contribution in [0, 0.1) is 6.57 Å². The van der Waals surface area contributed by atoms with Gasteiger partial charge in [-0.15, -0.1) is 0 Å². The second kappa shape index (κ2) is 7.32. The molecule has 0 unspecified atom stereocenters. The van der Waals surface area contributed by atoms with Crippen molar-refractivity contribution < 1.29 is 9.84 Å². The molecule has 2 rings (SSSR count). The third-order valence-corrected chi connectivity index (χ3v) is 3.13. The quantitative estimate of drug-likeness (QED) is 0.815. The van der Waals surface area contributed by atoms with Gasteiger partial charge in [-0.1, -0.05) is 42.5 Å². The molecule has 0 fully saturated rings. The Labute approximate surface area is 119 Å². The van der Waals surface area contributed by atoms with E-state index in [0.717, 1.165) is 16.9 Å². The van der Waals surface area contributed by atoms with Gasteiger partial charge in [-0.2, -0.15) is 0 Å². The van der Waals surface area contributed by atoms with Crippen LogP contribution in [0.3, 0.4) is 0 Å². The van der Waals surface area contributed by atoms with Gasteiger partial charge in [0.05, 0.1) is 12.5 Å². The largest absolute Gasteiger partial charge is 0.489 e. The Bertz CT molecular complexity index is 558. The molecule has 0 bridgehead atoms. The summed E-state index contributed by atoms with van der Waals surface area (Å²) in [6, 6.07) is 17.6. The molecule has 0 saturated carbocycles. The number of benzene rings is 2. The highest BCUT2D eigenvalue weighted by molar-refractivity contribution is 5.30. The van der Waals surface area contributed by atoms with E-state index < -0.39 is 0 Å². The van der Waals surface area contributed by atoms with E-state index in [1.165, 1.54) is 0 Å². The van der Waals surface area contributed by atoms with Gasteiger partial charge < -0.3 is 14.7 Å². The van der Waals surface area contributed by atoms with Crippen LogP contribution in [-0.4, -0.2) is 18.3 Å². The van der Waals surface area contributed by atoms with Crippen LogP contribution in [0.5, 0.6) is 5.75 Å². The Hall–Kier alpha value is -2.31. The molecule has 0 aliphatic heterocycles. The molecule has 3 nitrogen and oxygen atoms in total. The molecular weight excluding hydrogens is 250 g/mol. The average molecular weight is 267 g/mol. The Kier molecular flexibility index (Phi) is 5.16. The second-order valence-electron chi connectivity index (χ2n) is 4.56. The van der Waals surface area contributed by atoms with Crippen molar-refractivity contribution in [1.29, 1.82) is 0 Å². The van der Waals surface area contributed by atoms with E-state index in [2.05, 4.69) is 4.85 Å².